The van der Waals surface area contributed by atoms with Gasteiger partial charge in [0.1, 0.15) is 5.82 Å². The minimum Gasteiger partial charge on any atom is -0.273 e. The zero-order valence-corrected chi connectivity index (χ0v) is 11.1. The predicted octanol–water partition coefficient (Wildman–Crippen LogP) is 3.51. The van der Waals surface area contributed by atoms with Gasteiger partial charge in [-0.25, -0.2) is 4.39 Å². The molecule has 2 rings (SSSR count). The molecule has 0 amide bonds. The number of hydrogen-bond donors (Lipinski definition) is 0. The lowest BCUT2D eigenvalue weighted by molar-refractivity contribution is 0.617. The van der Waals surface area contributed by atoms with Crippen LogP contribution < -0.4 is 0 Å². The van der Waals surface area contributed by atoms with Gasteiger partial charge in [-0.3, -0.25) is 4.68 Å². The van der Waals surface area contributed by atoms with Crippen LogP contribution in [0.15, 0.2) is 36.5 Å². The number of halogens is 2. The van der Waals surface area contributed by atoms with Gasteiger partial charge in [0.25, 0.3) is 0 Å². The third-order valence-corrected chi connectivity index (χ3v) is 3.57. The van der Waals surface area contributed by atoms with Gasteiger partial charge in [-0.05, 0) is 42.5 Å². The maximum atomic E-state index is 12.9. The summed E-state index contributed by atoms with van der Waals surface area (Å²) >= 11 is 6.01. The molecule has 0 N–H and O–H groups in total. The van der Waals surface area contributed by atoms with E-state index in [1.807, 2.05) is 29.9 Å². The fourth-order valence-electron chi connectivity index (χ4n) is 2.04. The van der Waals surface area contributed by atoms with Gasteiger partial charge in [-0.15, -0.1) is 11.6 Å². The summed E-state index contributed by atoms with van der Waals surface area (Å²) in [5, 5.41) is 4.14. The largest absolute Gasteiger partial charge is 0.273 e. The highest BCUT2D eigenvalue weighted by Crippen LogP contribution is 2.23. The minimum atomic E-state index is -0.210. The van der Waals surface area contributed by atoms with Crippen molar-refractivity contribution in [3.8, 4) is 0 Å². The van der Waals surface area contributed by atoms with Crippen molar-refractivity contribution in [2.24, 2.45) is 7.05 Å². The maximum Gasteiger partial charge on any atom is 0.123 e. The SMILES string of the molecule is Cn1nccc1CCC(CCl)c1ccc(F)cc1. The van der Waals surface area contributed by atoms with E-state index in [0.29, 0.717) is 5.88 Å². The van der Waals surface area contributed by atoms with E-state index in [-0.39, 0.29) is 11.7 Å². The van der Waals surface area contributed by atoms with E-state index in [1.165, 1.54) is 17.8 Å². The van der Waals surface area contributed by atoms with Crippen LogP contribution in [0, 0.1) is 5.82 Å². The monoisotopic (exact) mass is 266 g/mol. The first-order valence-electron chi connectivity index (χ1n) is 5.99. The van der Waals surface area contributed by atoms with E-state index in [1.54, 1.807) is 6.20 Å². The van der Waals surface area contributed by atoms with Gasteiger partial charge in [-0.2, -0.15) is 5.10 Å². The van der Waals surface area contributed by atoms with Gasteiger partial charge in [0.2, 0.25) is 0 Å². The van der Waals surface area contributed by atoms with E-state index in [9.17, 15) is 4.39 Å². The lowest BCUT2D eigenvalue weighted by Crippen LogP contribution is -2.05. The molecule has 1 atom stereocenters. The second-order valence-electron chi connectivity index (χ2n) is 4.39. The van der Waals surface area contributed by atoms with Crippen molar-refractivity contribution in [3.63, 3.8) is 0 Å². The second-order valence-corrected chi connectivity index (χ2v) is 4.70. The van der Waals surface area contributed by atoms with E-state index >= 15 is 0 Å². The highest BCUT2D eigenvalue weighted by molar-refractivity contribution is 6.18. The van der Waals surface area contributed by atoms with Crippen LogP contribution in [0.3, 0.4) is 0 Å². The van der Waals surface area contributed by atoms with Crippen molar-refractivity contribution >= 4 is 11.6 Å². The van der Waals surface area contributed by atoms with Crippen LogP contribution >= 0.6 is 11.6 Å². The third kappa shape index (κ3) is 3.10. The molecule has 1 aromatic carbocycles. The van der Waals surface area contributed by atoms with Gasteiger partial charge in [0.05, 0.1) is 0 Å². The number of aromatic nitrogens is 2. The summed E-state index contributed by atoms with van der Waals surface area (Å²) in [6.45, 7) is 0. The van der Waals surface area contributed by atoms with Crippen molar-refractivity contribution in [2.75, 3.05) is 5.88 Å². The molecule has 96 valence electrons. The van der Waals surface area contributed by atoms with E-state index in [2.05, 4.69) is 5.10 Å². The molecule has 0 bridgehead atoms. The molecule has 0 aliphatic carbocycles. The number of nitrogens with zero attached hydrogens (tertiary/aromatic N) is 2. The molecular weight excluding hydrogens is 251 g/mol. The average Bonchev–Trinajstić information content (AvgIpc) is 2.78. The van der Waals surface area contributed by atoms with Crippen LogP contribution in [-0.4, -0.2) is 15.7 Å². The van der Waals surface area contributed by atoms with E-state index in [0.717, 1.165) is 18.4 Å². The highest BCUT2D eigenvalue weighted by atomic mass is 35.5. The van der Waals surface area contributed by atoms with Crippen molar-refractivity contribution in [2.45, 2.75) is 18.8 Å². The van der Waals surface area contributed by atoms with Crippen LogP contribution in [-0.2, 0) is 13.5 Å². The van der Waals surface area contributed by atoms with Crippen LogP contribution in [0.1, 0.15) is 23.6 Å². The molecule has 1 aromatic heterocycles. The van der Waals surface area contributed by atoms with Gasteiger partial charge in [0.15, 0.2) is 0 Å². The Bertz CT molecular complexity index is 493. The Kier molecular flexibility index (Phi) is 4.37. The molecule has 0 aliphatic heterocycles. The summed E-state index contributed by atoms with van der Waals surface area (Å²) in [6.07, 6.45) is 3.66. The molecule has 0 saturated carbocycles. The number of aryl methyl sites for hydroxylation is 2. The van der Waals surface area contributed by atoms with Crippen LogP contribution in [0.2, 0.25) is 0 Å². The first-order chi connectivity index (χ1) is 8.70. The molecule has 1 unspecified atom stereocenters. The Hall–Kier alpha value is -1.35. The molecular formula is C14H16ClFN2. The normalized spacial score (nSPS) is 12.6. The van der Waals surface area contributed by atoms with Crippen molar-refractivity contribution in [1.82, 2.24) is 9.78 Å². The Morgan fingerprint density at radius 1 is 1.28 bits per heavy atom. The zero-order chi connectivity index (χ0) is 13.0. The summed E-state index contributed by atoms with van der Waals surface area (Å²) in [5.74, 6) is 0.588. The summed E-state index contributed by atoms with van der Waals surface area (Å²) < 4.78 is 14.7. The van der Waals surface area contributed by atoms with E-state index < -0.39 is 0 Å². The first-order valence-corrected chi connectivity index (χ1v) is 6.52. The second kappa shape index (κ2) is 6.01. The van der Waals surface area contributed by atoms with Crippen molar-refractivity contribution in [3.05, 3.63) is 53.6 Å². The summed E-state index contributed by atoms with van der Waals surface area (Å²) in [5.41, 5.74) is 2.28. The number of rotatable bonds is 5. The van der Waals surface area contributed by atoms with Gasteiger partial charge < -0.3 is 0 Å². The lowest BCUT2D eigenvalue weighted by atomic mass is 9.95. The fraction of sp³-hybridized carbons (Fsp3) is 0.357. The molecule has 18 heavy (non-hydrogen) atoms. The molecule has 0 fully saturated rings. The maximum absolute atomic E-state index is 12.9. The molecule has 0 aliphatic rings. The Morgan fingerprint density at radius 2 is 2.00 bits per heavy atom. The average molecular weight is 267 g/mol. The zero-order valence-electron chi connectivity index (χ0n) is 10.3. The van der Waals surface area contributed by atoms with Crippen molar-refractivity contribution in [1.29, 1.82) is 0 Å². The molecule has 0 spiro atoms. The molecule has 0 radical (unpaired) electrons. The molecule has 4 heteroatoms. The predicted molar refractivity (Wildman–Crippen MR) is 71.4 cm³/mol. The van der Waals surface area contributed by atoms with Crippen LogP contribution in [0.25, 0.3) is 0 Å². The smallest absolute Gasteiger partial charge is 0.123 e. The Morgan fingerprint density at radius 3 is 2.56 bits per heavy atom. The molecule has 2 nitrogen and oxygen atoms in total. The number of benzene rings is 1. The Balaban J connectivity index is 2.01. The minimum absolute atomic E-state index is 0.210. The van der Waals surface area contributed by atoms with Crippen LogP contribution in [0.4, 0.5) is 4.39 Å². The number of alkyl halides is 1. The highest BCUT2D eigenvalue weighted by Gasteiger charge is 2.11. The third-order valence-electron chi connectivity index (χ3n) is 3.20. The first kappa shape index (κ1) is 13.1. The summed E-state index contributed by atoms with van der Waals surface area (Å²) in [6, 6.07) is 8.60. The fourth-order valence-corrected chi connectivity index (χ4v) is 2.37. The molecule has 1 heterocycles. The van der Waals surface area contributed by atoms with Crippen molar-refractivity contribution < 1.29 is 4.39 Å². The lowest BCUT2D eigenvalue weighted by Gasteiger charge is -2.14. The van der Waals surface area contributed by atoms with Gasteiger partial charge in [-0.1, -0.05) is 12.1 Å². The van der Waals surface area contributed by atoms with Gasteiger partial charge in [0, 0.05) is 24.8 Å². The van der Waals surface area contributed by atoms with Gasteiger partial charge >= 0.3 is 0 Å². The van der Waals surface area contributed by atoms with E-state index in [4.69, 9.17) is 11.6 Å². The Labute approximate surface area is 111 Å². The molecule has 0 saturated heterocycles. The quantitative estimate of drug-likeness (QED) is 0.757. The summed E-state index contributed by atoms with van der Waals surface area (Å²) in [7, 11) is 1.93. The van der Waals surface area contributed by atoms with Crippen LogP contribution in [0.5, 0.6) is 0 Å². The molecule has 2 aromatic rings. The number of hydrogen-bond acceptors (Lipinski definition) is 1. The standard InChI is InChI=1S/C14H16ClFN2/c1-18-14(8-9-17-18)7-4-12(10-15)11-2-5-13(16)6-3-11/h2-3,5-6,8-9,12H,4,7,10H2,1H3. The summed E-state index contributed by atoms with van der Waals surface area (Å²) in [4.78, 5) is 0. The topological polar surface area (TPSA) is 17.8 Å².